The van der Waals surface area contributed by atoms with Gasteiger partial charge in [0, 0.05) is 18.1 Å². The minimum atomic E-state index is -0.901. The molecule has 1 atom stereocenters. The molecule has 0 aliphatic carbocycles. The van der Waals surface area contributed by atoms with Crippen molar-refractivity contribution in [2.45, 2.75) is 32.0 Å². The summed E-state index contributed by atoms with van der Waals surface area (Å²) in [6.45, 7) is 3.42. The molecule has 0 radical (unpaired) electrons. The predicted molar refractivity (Wildman–Crippen MR) is 59.1 cm³/mol. The molecule has 0 spiro atoms. The number of hydrogen-bond donors (Lipinski definition) is 2. The fourth-order valence-electron chi connectivity index (χ4n) is 1.81. The smallest absolute Gasteiger partial charge is 0.164 e. The van der Waals surface area contributed by atoms with Crippen molar-refractivity contribution in [1.29, 1.82) is 0 Å². The molecule has 1 aliphatic rings. The highest BCUT2D eigenvalue weighted by Gasteiger charge is 2.35. The molecular weight excluding hydrogens is 208 g/mol. The van der Waals surface area contributed by atoms with Gasteiger partial charge in [-0.1, -0.05) is 0 Å². The number of phenolic OH excluding ortho intramolecular Hbond substituents is 1. The van der Waals surface area contributed by atoms with Gasteiger partial charge in [0.05, 0.1) is 12.7 Å². The molecule has 2 N–H and O–H groups in total. The van der Waals surface area contributed by atoms with E-state index in [0.29, 0.717) is 17.9 Å². The fourth-order valence-corrected chi connectivity index (χ4v) is 1.81. The quantitative estimate of drug-likeness (QED) is 0.798. The van der Waals surface area contributed by atoms with Crippen LogP contribution < -0.4 is 9.47 Å². The summed E-state index contributed by atoms with van der Waals surface area (Å²) < 4.78 is 10.6. The van der Waals surface area contributed by atoms with Gasteiger partial charge in [-0.25, -0.2) is 0 Å². The normalized spacial score (nSPS) is 19.1. The minimum absolute atomic E-state index is 0.0984. The molecule has 4 nitrogen and oxygen atoms in total. The minimum Gasteiger partial charge on any atom is -0.504 e. The van der Waals surface area contributed by atoms with Gasteiger partial charge in [-0.2, -0.15) is 0 Å². The monoisotopic (exact) mass is 224 g/mol. The molecular formula is C12H16O4. The maximum Gasteiger partial charge on any atom is 0.164 e. The van der Waals surface area contributed by atoms with E-state index < -0.39 is 5.60 Å². The Morgan fingerprint density at radius 2 is 2.12 bits per heavy atom. The first-order valence-corrected chi connectivity index (χ1v) is 5.20. The van der Waals surface area contributed by atoms with E-state index in [2.05, 4.69) is 0 Å². The Hall–Kier alpha value is -1.42. The molecule has 2 rings (SSSR count). The molecule has 0 aromatic heterocycles. The van der Waals surface area contributed by atoms with Crippen LogP contribution in [0.15, 0.2) is 12.1 Å². The SMILES string of the molecule is COc1cc2c(cc1O)CC(C(C)(C)O)O2. The standard InChI is InChI=1S/C12H16O4/c1-12(2,14)11-5-7-4-8(13)10(15-3)6-9(7)16-11/h4,6,11,13-14H,5H2,1-3H3. The number of fused-ring (bicyclic) bond motifs is 1. The highest BCUT2D eigenvalue weighted by atomic mass is 16.5. The van der Waals surface area contributed by atoms with Crippen LogP contribution in [-0.4, -0.2) is 29.0 Å². The molecule has 1 aromatic carbocycles. The van der Waals surface area contributed by atoms with Crippen LogP contribution in [0.3, 0.4) is 0 Å². The molecule has 16 heavy (non-hydrogen) atoms. The molecule has 1 heterocycles. The Kier molecular flexibility index (Phi) is 2.46. The van der Waals surface area contributed by atoms with Crippen LogP contribution in [-0.2, 0) is 6.42 Å². The first kappa shape index (κ1) is 11.1. The van der Waals surface area contributed by atoms with Crippen LogP contribution in [0.2, 0.25) is 0 Å². The van der Waals surface area contributed by atoms with E-state index in [4.69, 9.17) is 9.47 Å². The third kappa shape index (κ3) is 1.80. The van der Waals surface area contributed by atoms with Gasteiger partial charge in [-0.3, -0.25) is 0 Å². The van der Waals surface area contributed by atoms with Gasteiger partial charge >= 0.3 is 0 Å². The number of aliphatic hydroxyl groups is 1. The molecule has 1 aliphatic heterocycles. The molecule has 0 fully saturated rings. The Balaban J connectivity index is 2.31. The topological polar surface area (TPSA) is 58.9 Å². The fraction of sp³-hybridized carbons (Fsp3) is 0.500. The zero-order valence-corrected chi connectivity index (χ0v) is 9.65. The van der Waals surface area contributed by atoms with Crippen LogP contribution in [0.4, 0.5) is 0 Å². The first-order valence-electron chi connectivity index (χ1n) is 5.20. The predicted octanol–water partition coefficient (Wildman–Crippen LogP) is 1.48. The summed E-state index contributed by atoms with van der Waals surface area (Å²) in [5.41, 5.74) is -0.00701. The van der Waals surface area contributed by atoms with E-state index in [1.54, 1.807) is 26.0 Å². The van der Waals surface area contributed by atoms with Crippen molar-refractivity contribution in [3.8, 4) is 17.2 Å². The van der Waals surface area contributed by atoms with Crippen molar-refractivity contribution in [1.82, 2.24) is 0 Å². The zero-order valence-electron chi connectivity index (χ0n) is 9.65. The van der Waals surface area contributed by atoms with Crippen LogP contribution in [0.5, 0.6) is 17.2 Å². The lowest BCUT2D eigenvalue weighted by atomic mass is 9.97. The summed E-state index contributed by atoms with van der Waals surface area (Å²) in [6, 6.07) is 3.27. The van der Waals surface area contributed by atoms with Crippen LogP contribution in [0, 0.1) is 0 Å². The lowest BCUT2D eigenvalue weighted by molar-refractivity contribution is -0.0230. The second kappa shape index (κ2) is 3.56. The molecule has 0 saturated heterocycles. The first-order chi connectivity index (χ1) is 7.41. The van der Waals surface area contributed by atoms with E-state index in [1.165, 1.54) is 7.11 Å². The van der Waals surface area contributed by atoms with Crippen molar-refractivity contribution in [3.63, 3.8) is 0 Å². The maximum atomic E-state index is 9.87. The number of benzene rings is 1. The third-order valence-electron chi connectivity index (χ3n) is 2.82. The van der Waals surface area contributed by atoms with Crippen molar-refractivity contribution in [2.24, 2.45) is 0 Å². The van der Waals surface area contributed by atoms with Crippen LogP contribution >= 0.6 is 0 Å². The summed E-state index contributed by atoms with van der Waals surface area (Å²) in [4.78, 5) is 0. The number of methoxy groups -OCH3 is 1. The second-order valence-electron chi connectivity index (χ2n) is 4.60. The Morgan fingerprint density at radius 1 is 1.44 bits per heavy atom. The summed E-state index contributed by atoms with van der Waals surface area (Å²) in [5.74, 6) is 1.15. The Bertz CT molecular complexity index is 406. The number of rotatable bonds is 2. The van der Waals surface area contributed by atoms with Gasteiger partial charge < -0.3 is 19.7 Å². The second-order valence-corrected chi connectivity index (χ2v) is 4.60. The third-order valence-corrected chi connectivity index (χ3v) is 2.82. The summed E-state index contributed by atoms with van der Waals surface area (Å²) in [6.07, 6.45) is 0.310. The van der Waals surface area contributed by atoms with Gasteiger partial charge in [0.25, 0.3) is 0 Å². The van der Waals surface area contributed by atoms with Crippen LogP contribution in [0.1, 0.15) is 19.4 Å². The van der Waals surface area contributed by atoms with Gasteiger partial charge in [-0.05, 0) is 19.9 Å². The van der Waals surface area contributed by atoms with Crippen molar-refractivity contribution in [3.05, 3.63) is 17.7 Å². The highest BCUT2D eigenvalue weighted by molar-refractivity contribution is 5.51. The average Bonchev–Trinajstić information content (AvgIpc) is 2.58. The van der Waals surface area contributed by atoms with E-state index >= 15 is 0 Å². The lowest BCUT2D eigenvalue weighted by Crippen LogP contribution is -2.39. The number of phenols is 1. The Morgan fingerprint density at radius 3 is 2.69 bits per heavy atom. The highest BCUT2D eigenvalue weighted by Crippen LogP contribution is 2.40. The van der Waals surface area contributed by atoms with Crippen molar-refractivity contribution < 1.29 is 19.7 Å². The molecule has 0 bridgehead atoms. The van der Waals surface area contributed by atoms with Crippen molar-refractivity contribution >= 4 is 0 Å². The molecule has 88 valence electrons. The van der Waals surface area contributed by atoms with Gasteiger partial charge in [0.15, 0.2) is 11.5 Å². The molecule has 4 heteroatoms. The molecule has 0 amide bonds. The molecule has 1 aromatic rings. The number of ether oxygens (including phenoxy) is 2. The number of aromatic hydroxyl groups is 1. The summed E-state index contributed by atoms with van der Waals surface area (Å²) in [7, 11) is 1.49. The largest absolute Gasteiger partial charge is 0.504 e. The van der Waals surface area contributed by atoms with E-state index in [0.717, 1.165) is 5.56 Å². The van der Waals surface area contributed by atoms with Gasteiger partial charge in [-0.15, -0.1) is 0 Å². The van der Waals surface area contributed by atoms with Gasteiger partial charge in [0.1, 0.15) is 11.9 Å². The maximum absolute atomic E-state index is 9.87. The molecule has 0 saturated carbocycles. The average molecular weight is 224 g/mol. The van der Waals surface area contributed by atoms with E-state index in [9.17, 15) is 10.2 Å². The number of hydrogen-bond acceptors (Lipinski definition) is 4. The zero-order chi connectivity index (χ0) is 11.9. The van der Waals surface area contributed by atoms with Crippen molar-refractivity contribution in [2.75, 3.05) is 7.11 Å². The van der Waals surface area contributed by atoms with E-state index in [-0.39, 0.29) is 11.9 Å². The summed E-state index contributed by atoms with van der Waals surface area (Å²) >= 11 is 0. The van der Waals surface area contributed by atoms with Gasteiger partial charge in [0.2, 0.25) is 0 Å². The molecule has 1 unspecified atom stereocenters. The van der Waals surface area contributed by atoms with E-state index in [1.807, 2.05) is 0 Å². The summed E-state index contributed by atoms with van der Waals surface area (Å²) in [5, 5.41) is 19.5. The van der Waals surface area contributed by atoms with Crippen LogP contribution in [0.25, 0.3) is 0 Å². The lowest BCUT2D eigenvalue weighted by Gasteiger charge is -2.24. The Labute approximate surface area is 94.4 Å².